The van der Waals surface area contributed by atoms with Crippen LogP contribution in [0.15, 0.2) is 30.3 Å². The van der Waals surface area contributed by atoms with Crippen LogP contribution in [-0.4, -0.2) is 43.7 Å². The van der Waals surface area contributed by atoms with Gasteiger partial charge in [0.25, 0.3) is 0 Å². The maximum Gasteiger partial charge on any atom is 0.410 e. The lowest BCUT2D eigenvalue weighted by atomic mass is 9.85. The highest BCUT2D eigenvalue weighted by atomic mass is 16.6. The minimum Gasteiger partial charge on any atom is -0.469 e. The van der Waals surface area contributed by atoms with Gasteiger partial charge in [-0.2, -0.15) is 0 Å². The summed E-state index contributed by atoms with van der Waals surface area (Å²) in [6.45, 7) is 1.47. The Labute approximate surface area is 130 Å². The van der Waals surface area contributed by atoms with E-state index in [0.29, 0.717) is 26.1 Å². The van der Waals surface area contributed by atoms with Crippen LogP contribution in [0.3, 0.4) is 0 Å². The Balaban J connectivity index is 1.91. The van der Waals surface area contributed by atoms with Crippen LogP contribution in [-0.2, 0) is 20.9 Å². The number of nitrogens with two attached hydrogens (primary N) is 1. The number of hydrogen-bond donors (Lipinski definition) is 1. The highest BCUT2D eigenvalue weighted by molar-refractivity contribution is 5.75. The van der Waals surface area contributed by atoms with Crippen molar-refractivity contribution in [2.24, 2.45) is 17.6 Å². The Morgan fingerprint density at radius 2 is 2.05 bits per heavy atom. The van der Waals surface area contributed by atoms with Crippen molar-refractivity contribution in [1.82, 2.24) is 4.90 Å². The summed E-state index contributed by atoms with van der Waals surface area (Å²) in [7, 11) is 1.35. The highest BCUT2D eigenvalue weighted by Gasteiger charge is 2.36. The van der Waals surface area contributed by atoms with E-state index in [1.54, 1.807) is 4.90 Å². The topological polar surface area (TPSA) is 81.9 Å². The molecular weight excluding hydrogens is 284 g/mol. The van der Waals surface area contributed by atoms with Gasteiger partial charge in [0.1, 0.15) is 6.61 Å². The minimum atomic E-state index is -0.409. The fourth-order valence-electron chi connectivity index (χ4n) is 2.68. The minimum absolute atomic E-state index is 0.0469. The van der Waals surface area contributed by atoms with Crippen LogP contribution in [0.25, 0.3) is 0 Å². The van der Waals surface area contributed by atoms with Crippen molar-refractivity contribution in [3.05, 3.63) is 35.9 Å². The van der Waals surface area contributed by atoms with E-state index in [9.17, 15) is 9.59 Å². The van der Waals surface area contributed by atoms with Gasteiger partial charge in [-0.1, -0.05) is 30.3 Å². The molecule has 0 radical (unpaired) electrons. The molecule has 120 valence electrons. The van der Waals surface area contributed by atoms with Gasteiger partial charge in [0.05, 0.1) is 13.0 Å². The lowest BCUT2D eigenvalue weighted by Gasteiger charge is -2.35. The van der Waals surface area contributed by atoms with Crippen molar-refractivity contribution in [3.8, 4) is 0 Å². The van der Waals surface area contributed by atoms with Gasteiger partial charge in [0, 0.05) is 13.1 Å². The second kappa shape index (κ2) is 7.79. The molecule has 0 saturated carbocycles. The van der Waals surface area contributed by atoms with Crippen molar-refractivity contribution in [3.63, 3.8) is 0 Å². The Kier molecular flexibility index (Phi) is 5.77. The number of carbonyl (C=O) groups excluding carboxylic acids is 2. The third kappa shape index (κ3) is 3.98. The number of benzene rings is 1. The maximum atomic E-state index is 12.1. The van der Waals surface area contributed by atoms with E-state index in [-0.39, 0.29) is 24.4 Å². The van der Waals surface area contributed by atoms with Crippen LogP contribution in [0.5, 0.6) is 0 Å². The summed E-state index contributed by atoms with van der Waals surface area (Å²) in [4.78, 5) is 25.5. The molecule has 1 aliphatic rings. The van der Waals surface area contributed by atoms with E-state index >= 15 is 0 Å². The van der Waals surface area contributed by atoms with Crippen molar-refractivity contribution in [2.45, 2.75) is 13.0 Å². The molecule has 2 atom stereocenters. The van der Waals surface area contributed by atoms with Crippen LogP contribution < -0.4 is 5.73 Å². The van der Waals surface area contributed by atoms with Gasteiger partial charge >= 0.3 is 12.1 Å². The lowest BCUT2D eigenvalue weighted by molar-refractivity contribution is -0.149. The zero-order valence-corrected chi connectivity index (χ0v) is 12.7. The van der Waals surface area contributed by atoms with Gasteiger partial charge in [0.2, 0.25) is 0 Å². The van der Waals surface area contributed by atoms with Crippen molar-refractivity contribution < 1.29 is 19.1 Å². The van der Waals surface area contributed by atoms with E-state index in [0.717, 1.165) is 5.56 Å². The number of ether oxygens (including phenoxy) is 2. The molecule has 6 nitrogen and oxygen atoms in total. The van der Waals surface area contributed by atoms with E-state index in [1.807, 2.05) is 30.3 Å². The number of likely N-dealkylation sites (tertiary alicyclic amines) is 1. The predicted octanol–water partition coefficient (Wildman–Crippen LogP) is 1.39. The fraction of sp³-hybridized carbons (Fsp3) is 0.500. The number of amides is 1. The van der Waals surface area contributed by atoms with Crippen LogP contribution in [0, 0.1) is 11.8 Å². The van der Waals surface area contributed by atoms with E-state index < -0.39 is 6.09 Å². The Hall–Kier alpha value is -2.08. The summed E-state index contributed by atoms with van der Waals surface area (Å²) in [5.41, 5.74) is 6.63. The fourth-order valence-corrected chi connectivity index (χ4v) is 2.68. The first-order valence-corrected chi connectivity index (χ1v) is 7.39. The molecular formula is C16H22N2O4. The second-order valence-corrected chi connectivity index (χ2v) is 5.40. The van der Waals surface area contributed by atoms with E-state index in [4.69, 9.17) is 15.2 Å². The molecule has 0 aliphatic carbocycles. The molecule has 0 bridgehead atoms. The van der Waals surface area contributed by atoms with Crippen molar-refractivity contribution >= 4 is 12.1 Å². The molecule has 2 rings (SSSR count). The third-order valence-corrected chi connectivity index (χ3v) is 4.03. The molecule has 1 aliphatic heterocycles. The Morgan fingerprint density at radius 3 is 2.68 bits per heavy atom. The number of methoxy groups -OCH3 is 1. The van der Waals surface area contributed by atoms with E-state index in [2.05, 4.69) is 0 Å². The molecule has 1 fully saturated rings. The summed E-state index contributed by atoms with van der Waals surface area (Å²) in [6.07, 6.45) is 0.268. The molecule has 1 amide bonds. The number of nitrogens with zero attached hydrogens (tertiary/aromatic N) is 1. The molecule has 1 aromatic rings. The summed E-state index contributed by atoms with van der Waals surface area (Å²) in [6, 6.07) is 9.48. The number of hydrogen-bond acceptors (Lipinski definition) is 5. The molecule has 2 unspecified atom stereocenters. The summed E-state index contributed by atoms with van der Waals surface area (Å²) < 4.78 is 10.1. The van der Waals surface area contributed by atoms with Crippen LogP contribution in [0.4, 0.5) is 4.79 Å². The van der Waals surface area contributed by atoms with E-state index in [1.165, 1.54) is 7.11 Å². The molecule has 1 aromatic carbocycles. The SMILES string of the molecule is COC(=O)C1CN(C(=O)OCc2ccccc2)CCC1CN. The highest BCUT2D eigenvalue weighted by Crippen LogP contribution is 2.24. The largest absolute Gasteiger partial charge is 0.469 e. The lowest BCUT2D eigenvalue weighted by Crippen LogP contribution is -2.48. The first-order valence-electron chi connectivity index (χ1n) is 7.39. The average Bonchev–Trinajstić information content (AvgIpc) is 2.59. The Bertz CT molecular complexity index is 506. The standard InChI is InChI=1S/C16H22N2O4/c1-21-15(19)14-10-18(8-7-13(14)9-17)16(20)22-11-12-5-3-2-4-6-12/h2-6,13-14H,7-11,17H2,1H3. The molecule has 2 N–H and O–H groups in total. The third-order valence-electron chi connectivity index (χ3n) is 4.03. The summed E-state index contributed by atoms with van der Waals surface area (Å²) in [5.74, 6) is -0.658. The average molecular weight is 306 g/mol. The second-order valence-electron chi connectivity index (χ2n) is 5.40. The quantitative estimate of drug-likeness (QED) is 0.850. The molecule has 1 saturated heterocycles. The zero-order chi connectivity index (χ0) is 15.9. The first-order chi connectivity index (χ1) is 10.7. The van der Waals surface area contributed by atoms with Crippen molar-refractivity contribution in [1.29, 1.82) is 0 Å². The summed E-state index contributed by atoms with van der Waals surface area (Å²) >= 11 is 0. The van der Waals surface area contributed by atoms with Gasteiger partial charge < -0.3 is 20.1 Å². The zero-order valence-electron chi connectivity index (χ0n) is 12.7. The molecule has 0 spiro atoms. The van der Waals surface area contributed by atoms with Crippen LogP contribution in [0.2, 0.25) is 0 Å². The Morgan fingerprint density at radius 1 is 1.32 bits per heavy atom. The first kappa shape index (κ1) is 16.3. The van der Waals surface area contributed by atoms with Crippen LogP contribution in [0.1, 0.15) is 12.0 Å². The maximum absolute atomic E-state index is 12.1. The molecule has 1 heterocycles. The molecule has 22 heavy (non-hydrogen) atoms. The number of carbonyl (C=O) groups is 2. The van der Waals surface area contributed by atoms with Crippen LogP contribution >= 0.6 is 0 Å². The normalized spacial score (nSPS) is 21.3. The molecule has 6 heteroatoms. The number of piperidine rings is 1. The van der Waals surface area contributed by atoms with Gasteiger partial charge in [-0.3, -0.25) is 4.79 Å². The molecule has 0 aromatic heterocycles. The van der Waals surface area contributed by atoms with Gasteiger partial charge in [-0.25, -0.2) is 4.79 Å². The number of esters is 1. The number of rotatable bonds is 4. The predicted molar refractivity (Wildman–Crippen MR) is 80.9 cm³/mol. The van der Waals surface area contributed by atoms with Crippen molar-refractivity contribution in [2.75, 3.05) is 26.7 Å². The van der Waals surface area contributed by atoms with Gasteiger partial charge in [0.15, 0.2) is 0 Å². The van der Waals surface area contributed by atoms with Gasteiger partial charge in [-0.05, 0) is 24.4 Å². The smallest absolute Gasteiger partial charge is 0.410 e. The summed E-state index contributed by atoms with van der Waals surface area (Å²) in [5, 5.41) is 0. The monoisotopic (exact) mass is 306 g/mol. The van der Waals surface area contributed by atoms with Gasteiger partial charge in [-0.15, -0.1) is 0 Å².